The molecule has 0 unspecified atom stereocenters. The maximum Gasteiger partial charge on any atom is 0.238 e. The van der Waals surface area contributed by atoms with Crippen molar-refractivity contribution in [2.45, 2.75) is 6.92 Å². The molecule has 0 N–H and O–H groups in total. The van der Waals surface area contributed by atoms with Crippen LogP contribution in [-0.2, 0) is 0 Å². The molecule has 0 spiro atoms. The number of hydrogen-bond donors (Lipinski definition) is 0. The van der Waals surface area contributed by atoms with Crippen LogP contribution in [0.2, 0.25) is 0 Å². The fourth-order valence-corrected chi connectivity index (χ4v) is 0.949. The number of rotatable bonds is 1. The van der Waals surface area contributed by atoms with Gasteiger partial charge in [0.1, 0.15) is 7.05 Å². The van der Waals surface area contributed by atoms with Crippen LogP contribution in [0.5, 0.6) is 0 Å². The predicted octanol–water partition coefficient (Wildman–Crippen LogP) is 2.54. The van der Waals surface area contributed by atoms with Crippen molar-refractivity contribution in [2.75, 3.05) is 7.05 Å². The summed E-state index contributed by atoms with van der Waals surface area (Å²) in [6.07, 6.45) is 0. The molecule has 0 fully saturated rings. The van der Waals surface area contributed by atoms with Crippen LogP contribution in [0.1, 0.15) is 5.56 Å². The van der Waals surface area contributed by atoms with Gasteiger partial charge in [0.25, 0.3) is 0 Å². The molecule has 0 amide bonds. The Balaban J connectivity index is 2.99. The summed E-state index contributed by atoms with van der Waals surface area (Å²) in [7, 11) is 1.91. The first-order chi connectivity index (χ1) is 5.24. The third-order valence-electron chi connectivity index (χ3n) is 1.59. The lowest BCUT2D eigenvalue weighted by Gasteiger charge is -1.94. The van der Waals surface area contributed by atoms with Crippen LogP contribution >= 0.6 is 11.6 Å². The van der Waals surface area contributed by atoms with E-state index in [4.69, 9.17) is 11.6 Å². The van der Waals surface area contributed by atoms with Crippen LogP contribution < -0.4 is 0 Å². The van der Waals surface area contributed by atoms with E-state index in [-0.39, 0.29) is 0 Å². The average molecular weight is 169 g/mol. The lowest BCUT2D eigenvalue weighted by Crippen LogP contribution is -1.94. The highest BCUT2D eigenvalue weighted by atomic mass is 35.5. The second kappa shape index (κ2) is 3.54. The van der Waals surface area contributed by atoms with Crippen molar-refractivity contribution in [2.24, 2.45) is 0 Å². The van der Waals surface area contributed by atoms with Gasteiger partial charge in [-0.2, -0.15) is 4.58 Å². The van der Waals surface area contributed by atoms with Gasteiger partial charge in [0.15, 0.2) is 0 Å². The van der Waals surface area contributed by atoms with E-state index >= 15 is 0 Å². The first-order valence-corrected chi connectivity index (χ1v) is 3.91. The Morgan fingerprint density at radius 2 is 1.82 bits per heavy atom. The van der Waals surface area contributed by atoms with Crippen molar-refractivity contribution in [3.63, 3.8) is 0 Å². The monoisotopic (exact) mass is 168 g/mol. The second-order valence-corrected chi connectivity index (χ2v) is 2.74. The van der Waals surface area contributed by atoms with Gasteiger partial charge in [-0.1, -0.05) is 17.7 Å². The Hall–Kier alpha value is -0.820. The molecule has 0 aromatic heterocycles. The molecule has 0 aliphatic heterocycles. The molecule has 0 saturated heterocycles. The van der Waals surface area contributed by atoms with Gasteiger partial charge in [0.05, 0.1) is 0 Å². The van der Waals surface area contributed by atoms with E-state index in [9.17, 15) is 0 Å². The zero-order valence-electron chi connectivity index (χ0n) is 6.71. The maximum absolute atomic E-state index is 5.53. The minimum atomic E-state index is 1.10. The van der Waals surface area contributed by atoms with Crippen molar-refractivity contribution in [3.05, 3.63) is 29.8 Å². The first-order valence-electron chi connectivity index (χ1n) is 3.47. The molecule has 58 valence electrons. The lowest BCUT2D eigenvalue weighted by molar-refractivity contribution is -0.397. The van der Waals surface area contributed by atoms with Crippen LogP contribution in [0.15, 0.2) is 24.3 Å². The van der Waals surface area contributed by atoms with Gasteiger partial charge in [-0.05, 0) is 18.5 Å². The zero-order chi connectivity index (χ0) is 8.27. The van der Waals surface area contributed by atoms with Crippen molar-refractivity contribution in [3.8, 4) is 0 Å². The topological polar surface area (TPSA) is 3.01 Å². The third kappa shape index (κ3) is 2.05. The van der Waals surface area contributed by atoms with E-state index in [1.165, 1.54) is 11.2 Å². The molecule has 0 heterocycles. The zero-order valence-corrected chi connectivity index (χ0v) is 7.47. The minimum Gasteiger partial charge on any atom is -0.191 e. The Labute approximate surface area is 71.9 Å². The standard InChI is InChI=1S/C9H11ClN/c1-8-3-5-9(6-4-8)11(2)7-10/h3-7H,1-2H3/q+1. The van der Waals surface area contributed by atoms with Gasteiger partial charge < -0.3 is 0 Å². The SMILES string of the molecule is Cc1ccc([N+](C)=CCl)cc1. The largest absolute Gasteiger partial charge is 0.238 e. The number of aryl methyl sites for hydroxylation is 1. The highest BCUT2D eigenvalue weighted by Gasteiger charge is 1.98. The normalized spacial score (nSPS) is 11.7. The molecule has 1 rings (SSSR count). The Kier molecular flexibility index (Phi) is 2.66. The quantitative estimate of drug-likeness (QED) is 0.448. The predicted molar refractivity (Wildman–Crippen MR) is 48.9 cm³/mol. The second-order valence-electron chi connectivity index (χ2n) is 2.54. The van der Waals surface area contributed by atoms with E-state index in [1.54, 1.807) is 0 Å². The summed E-state index contributed by atoms with van der Waals surface area (Å²) in [6.45, 7) is 2.06. The van der Waals surface area contributed by atoms with Gasteiger partial charge in [0, 0.05) is 12.1 Å². The van der Waals surface area contributed by atoms with Crippen molar-refractivity contribution >= 4 is 23.0 Å². The molecule has 0 radical (unpaired) electrons. The van der Waals surface area contributed by atoms with E-state index in [0.29, 0.717) is 0 Å². The van der Waals surface area contributed by atoms with Crippen LogP contribution in [-0.4, -0.2) is 17.3 Å². The molecule has 0 saturated carbocycles. The summed E-state index contributed by atoms with van der Waals surface area (Å²) in [5.74, 6) is 0. The molecular formula is C9H11ClN+. The fraction of sp³-hybridized carbons (Fsp3) is 0.222. The minimum absolute atomic E-state index is 1.10. The van der Waals surface area contributed by atoms with E-state index in [1.807, 2.05) is 23.8 Å². The fourth-order valence-electron chi connectivity index (χ4n) is 0.836. The molecule has 0 aliphatic rings. The highest BCUT2D eigenvalue weighted by molar-refractivity contribution is 6.54. The van der Waals surface area contributed by atoms with Gasteiger partial charge in [-0.25, -0.2) is 0 Å². The average Bonchev–Trinajstić information content (AvgIpc) is 2.05. The third-order valence-corrected chi connectivity index (χ3v) is 1.88. The number of benzene rings is 1. The highest BCUT2D eigenvalue weighted by Crippen LogP contribution is 2.10. The maximum atomic E-state index is 5.53. The van der Waals surface area contributed by atoms with Crippen LogP contribution in [0, 0.1) is 6.92 Å². The molecule has 1 nitrogen and oxygen atoms in total. The van der Waals surface area contributed by atoms with E-state index in [2.05, 4.69) is 19.1 Å². The van der Waals surface area contributed by atoms with Crippen molar-refractivity contribution < 1.29 is 4.58 Å². The summed E-state index contributed by atoms with van der Waals surface area (Å²) in [4.78, 5) is 0. The Morgan fingerprint density at radius 1 is 1.27 bits per heavy atom. The smallest absolute Gasteiger partial charge is 0.191 e. The molecule has 0 bridgehead atoms. The number of nitrogens with zero attached hydrogens (tertiary/aromatic N) is 1. The van der Waals surface area contributed by atoms with Crippen molar-refractivity contribution in [1.82, 2.24) is 0 Å². The van der Waals surface area contributed by atoms with Crippen LogP contribution in [0.4, 0.5) is 5.69 Å². The molecule has 1 aromatic rings. The van der Waals surface area contributed by atoms with Crippen LogP contribution in [0.25, 0.3) is 0 Å². The number of hydrogen-bond acceptors (Lipinski definition) is 0. The summed E-state index contributed by atoms with van der Waals surface area (Å²) >= 11 is 5.53. The summed E-state index contributed by atoms with van der Waals surface area (Å²) in [5.41, 5.74) is 3.88. The van der Waals surface area contributed by atoms with Gasteiger partial charge in [-0.3, -0.25) is 0 Å². The molecular weight excluding hydrogens is 158 g/mol. The van der Waals surface area contributed by atoms with Crippen molar-refractivity contribution in [1.29, 1.82) is 0 Å². The van der Waals surface area contributed by atoms with E-state index < -0.39 is 0 Å². The molecule has 0 aliphatic carbocycles. The summed E-state index contributed by atoms with van der Waals surface area (Å²) < 4.78 is 1.86. The van der Waals surface area contributed by atoms with Crippen LogP contribution in [0.3, 0.4) is 0 Å². The number of halogens is 1. The van der Waals surface area contributed by atoms with Gasteiger partial charge >= 0.3 is 0 Å². The summed E-state index contributed by atoms with van der Waals surface area (Å²) in [5, 5.41) is 0. The summed E-state index contributed by atoms with van der Waals surface area (Å²) in [6, 6.07) is 8.20. The first kappa shape index (κ1) is 8.28. The molecule has 0 atom stereocenters. The molecule has 2 heteroatoms. The Bertz CT molecular complexity index is 261. The van der Waals surface area contributed by atoms with E-state index in [0.717, 1.165) is 5.69 Å². The van der Waals surface area contributed by atoms with Gasteiger partial charge in [-0.15, -0.1) is 0 Å². The molecule has 1 aromatic carbocycles. The van der Waals surface area contributed by atoms with Gasteiger partial charge in [0.2, 0.25) is 11.4 Å². The Morgan fingerprint density at radius 3 is 2.27 bits per heavy atom. The lowest BCUT2D eigenvalue weighted by atomic mass is 10.2. The molecule has 11 heavy (non-hydrogen) atoms.